The summed E-state index contributed by atoms with van der Waals surface area (Å²) < 4.78 is 15.9. The number of hydrogen-bond acceptors (Lipinski definition) is 3. The molecule has 3 nitrogen and oxygen atoms in total. The minimum atomic E-state index is 0.587. The zero-order valence-corrected chi connectivity index (χ0v) is 13.3. The zero-order chi connectivity index (χ0) is 15.8. The number of benzene rings is 2. The summed E-state index contributed by atoms with van der Waals surface area (Å²) in [5, 5.41) is 0. The Morgan fingerprint density at radius 1 is 0.818 bits per heavy atom. The van der Waals surface area contributed by atoms with Gasteiger partial charge < -0.3 is 14.2 Å². The van der Waals surface area contributed by atoms with Gasteiger partial charge in [0.1, 0.15) is 11.5 Å². The zero-order valence-electron chi connectivity index (χ0n) is 13.3. The van der Waals surface area contributed by atoms with Crippen LogP contribution in [0.25, 0.3) is 5.57 Å². The molecule has 0 saturated carbocycles. The third-order valence-electron chi connectivity index (χ3n) is 3.41. The van der Waals surface area contributed by atoms with Crippen LogP contribution in [0.3, 0.4) is 0 Å². The summed E-state index contributed by atoms with van der Waals surface area (Å²) in [4.78, 5) is 0. The third kappa shape index (κ3) is 4.12. The maximum Gasteiger partial charge on any atom is 0.118 e. The van der Waals surface area contributed by atoms with Crippen LogP contribution >= 0.6 is 0 Å². The molecule has 0 heterocycles. The fourth-order valence-corrected chi connectivity index (χ4v) is 2.20. The van der Waals surface area contributed by atoms with Crippen LogP contribution in [0.4, 0.5) is 0 Å². The van der Waals surface area contributed by atoms with Gasteiger partial charge in [-0.15, -0.1) is 0 Å². The van der Waals surface area contributed by atoms with Crippen LogP contribution in [0.5, 0.6) is 11.5 Å². The SMILES string of the molecule is CCOCC=C(c1ccc(OC)cc1)c1ccc(OC)cc1. The molecule has 0 atom stereocenters. The van der Waals surface area contributed by atoms with Crippen molar-refractivity contribution in [1.82, 2.24) is 0 Å². The van der Waals surface area contributed by atoms with Crippen molar-refractivity contribution >= 4 is 5.57 Å². The first-order chi connectivity index (χ1) is 10.8. The molecule has 3 heteroatoms. The molecule has 0 unspecified atom stereocenters. The Morgan fingerprint density at radius 3 is 1.64 bits per heavy atom. The highest BCUT2D eigenvalue weighted by molar-refractivity contribution is 5.80. The standard InChI is InChI=1S/C19H22O3/c1-4-22-14-13-19(15-5-9-17(20-2)10-6-15)16-7-11-18(21-3)12-8-16/h5-13H,4,14H2,1-3H3. The van der Waals surface area contributed by atoms with E-state index < -0.39 is 0 Å². The van der Waals surface area contributed by atoms with Crippen LogP contribution in [0.15, 0.2) is 54.6 Å². The lowest BCUT2D eigenvalue weighted by Crippen LogP contribution is -1.94. The van der Waals surface area contributed by atoms with Gasteiger partial charge in [-0.1, -0.05) is 30.3 Å². The number of methoxy groups -OCH3 is 2. The van der Waals surface area contributed by atoms with E-state index in [0.717, 1.165) is 28.2 Å². The summed E-state index contributed by atoms with van der Waals surface area (Å²) in [5.74, 6) is 1.70. The average Bonchev–Trinajstić information content (AvgIpc) is 2.59. The second-order valence-electron chi connectivity index (χ2n) is 4.73. The topological polar surface area (TPSA) is 27.7 Å². The predicted octanol–water partition coefficient (Wildman–Crippen LogP) is 4.17. The smallest absolute Gasteiger partial charge is 0.118 e. The molecule has 0 radical (unpaired) electrons. The molecule has 0 spiro atoms. The molecule has 0 bridgehead atoms. The van der Waals surface area contributed by atoms with Gasteiger partial charge in [-0.3, -0.25) is 0 Å². The van der Waals surface area contributed by atoms with E-state index in [2.05, 4.69) is 30.3 Å². The molecular formula is C19H22O3. The maximum atomic E-state index is 5.47. The Labute approximate surface area is 132 Å². The van der Waals surface area contributed by atoms with Crippen LogP contribution in [-0.2, 0) is 4.74 Å². The lowest BCUT2D eigenvalue weighted by atomic mass is 9.97. The largest absolute Gasteiger partial charge is 0.497 e. The molecule has 22 heavy (non-hydrogen) atoms. The van der Waals surface area contributed by atoms with E-state index in [9.17, 15) is 0 Å². The Hall–Kier alpha value is -2.26. The van der Waals surface area contributed by atoms with Gasteiger partial charge in [0, 0.05) is 6.61 Å². The van der Waals surface area contributed by atoms with Crippen LogP contribution in [0.1, 0.15) is 18.1 Å². The van der Waals surface area contributed by atoms with Crippen LogP contribution in [-0.4, -0.2) is 27.4 Å². The molecule has 2 aromatic carbocycles. The minimum Gasteiger partial charge on any atom is -0.497 e. The van der Waals surface area contributed by atoms with Crippen molar-refractivity contribution in [2.24, 2.45) is 0 Å². The number of hydrogen-bond donors (Lipinski definition) is 0. The van der Waals surface area contributed by atoms with E-state index in [1.807, 2.05) is 31.2 Å². The molecule has 2 aromatic rings. The summed E-state index contributed by atoms with van der Waals surface area (Å²) in [6.45, 7) is 3.28. The van der Waals surface area contributed by atoms with Crippen molar-refractivity contribution in [2.75, 3.05) is 27.4 Å². The molecule has 0 fully saturated rings. The quantitative estimate of drug-likeness (QED) is 0.718. The van der Waals surface area contributed by atoms with E-state index in [4.69, 9.17) is 14.2 Å². The Kier molecular flexibility index (Phi) is 6.04. The fourth-order valence-electron chi connectivity index (χ4n) is 2.20. The fraction of sp³-hybridized carbons (Fsp3) is 0.263. The lowest BCUT2D eigenvalue weighted by molar-refractivity contribution is 0.178. The maximum absolute atomic E-state index is 5.47. The molecule has 0 aliphatic carbocycles. The summed E-state index contributed by atoms with van der Waals surface area (Å²) in [5.41, 5.74) is 3.40. The van der Waals surface area contributed by atoms with Gasteiger partial charge in [0.05, 0.1) is 20.8 Å². The van der Waals surface area contributed by atoms with E-state index in [1.54, 1.807) is 14.2 Å². The average molecular weight is 298 g/mol. The van der Waals surface area contributed by atoms with Gasteiger partial charge in [0.25, 0.3) is 0 Å². The van der Waals surface area contributed by atoms with Gasteiger partial charge >= 0.3 is 0 Å². The van der Waals surface area contributed by atoms with Crippen molar-refractivity contribution in [3.8, 4) is 11.5 Å². The van der Waals surface area contributed by atoms with Crippen molar-refractivity contribution < 1.29 is 14.2 Å². The van der Waals surface area contributed by atoms with E-state index in [1.165, 1.54) is 0 Å². The summed E-state index contributed by atoms with van der Waals surface area (Å²) in [6, 6.07) is 16.1. The second-order valence-corrected chi connectivity index (χ2v) is 4.73. The van der Waals surface area contributed by atoms with Crippen molar-refractivity contribution in [3.63, 3.8) is 0 Å². The number of rotatable bonds is 7. The highest BCUT2D eigenvalue weighted by Crippen LogP contribution is 2.26. The predicted molar refractivity (Wildman–Crippen MR) is 89.6 cm³/mol. The van der Waals surface area contributed by atoms with E-state index in [-0.39, 0.29) is 0 Å². The molecule has 0 aromatic heterocycles. The van der Waals surface area contributed by atoms with Crippen LogP contribution < -0.4 is 9.47 Å². The lowest BCUT2D eigenvalue weighted by Gasteiger charge is -2.11. The molecule has 116 valence electrons. The number of ether oxygens (including phenoxy) is 3. The second kappa shape index (κ2) is 8.25. The van der Waals surface area contributed by atoms with E-state index >= 15 is 0 Å². The molecular weight excluding hydrogens is 276 g/mol. The van der Waals surface area contributed by atoms with Crippen molar-refractivity contribution in [1.29, 1.82) is 0 Å². The van der Waals surface area contributed by atoms with Crippen LogP contribution in [0.2, 0.25) is 0 Å². The van der Waals surface area contributed by atoms with Gasteiger partial charge in [-0.25, -0.2) is 0 Å². The Balaban J connectivity index is 2.33. The summed E-state index contributed by atoms with van der Waals surface area (Å²) in [6.07, 6.45) is 2.10. The first-order valence-electron chi connectivity index (χ1n) is 7.35. The monoisotopic (exact) mass is 298 g/mol. The Bertz CT molecular complexity index is 548. The van der Waals surface area contributed by atoms with Gasteiger partial charge in [-0.2, -0.15) is 0 Å². The normalized spacial score (nSPS) is 10.1. The molecule has 0 saturated heterocycles. The molecule has 2 rings (SSSR count). The molecule has 0 N–H and O–H groups in total. The van der Waals surface area contributed by atoms with Crippen LogP contribution in [0, 0.1) is 0 Å². The first kappa shape index (κ1) is 16.1. The van der Waals surface area contributed by atoms with Crippen molar-refractivity contribution in [2.45, 2.75) is 6.92 Å². The third-order valence-corrected chi connectivity index (χ3v) is 3.41. The highest BCUT2D eigenvalue weighted by Gasteiger charge is 2.06. The van der Waals surface area contributed by atoms with Gasteiger partial charge in [0.15, 0.2) is 0 Å². The molecule has 0 aliphatic heterocycles. The van der Waals surface area contributed by atoms with Crippen molar-refractivity contribution in [3.05, 3.63) is 65.7 Å². The van der Waals surface area contributed by atoms with Gasteiger partial charge in [-0.05, 0) is 47.9 Å². The highest BCUT2D eigenvalue weighted by atomic mass is 16.5. The summed E-state index contributed by atoms with van der Waals surface area (Å²) >= 11 is 0. The van der Waals surface area contributed by atoms with E-state index in [0.29, 0.717) is 13.2 Å². The van der Waals surface area contributed by atoms with Gasteiger partial charge in [0.2, 0.25) is 0 Å². The summed E-state index contributed by atoms with van der Waals surface area (Å²) in [7, 11) is 3.34. The Morgan fingerprint density at radius 2 is 1.27 bits per heavy atom. The molecule has 0 aliphatic rings. The minimum absolute atomic E-state index is 0.587. The molecule has 0 amide bonds. The first-order valence-corrected chi connectivity index (χ1v) is 7.35.